The van der Waals surface area contributed by atoms with E-state index in [4.69, 9.17) is 11.6 Å². The molecule has 126 valence electrons. The van der Waals surface area contributed by atoms with Crippen molar-refractivity contribution in [3.05, 3.63) is 34.9 Å². The summed E-state index contributed by atoms with van der Waals surface area (Å²) >= 11 is 6.21. The first-order chi connectivity index (χ1) is 11.3. The lowest BCUT2D eigenvalue weighted by Crippen LogP contribution is -2.59. The number of halogens is 1. The summed E-state index contributed by atoms with van der Waals surface area (Å²) in [5, 5.41) is 0.871. The van der Waals surface area contributed by atoms with Crippen LogP contribution < -0.4 is 0 Å². The fourth-order valence-corrected chi connectivity index (χ4v) is 5.52. The van der Waals surface area contributed by atoms with Crippen molar-refractivity contribution in [3.63, 3.8) is 0 Å². The van der Waals surface area contributed by atoms with Crippen molar-refractivity contribution in [1.29, 1.82) is 0 Å². The average Bonchev–Trinajstić information content (AvgIpc) is 3.04. The molecular weight excluding hydrogens is 304 g/mol. The third-order valence-electron chi connectivity index (χ3n) is 6.31. The Labute approximate surface area is 145 Å². The van der Waals surface area contributed by atoms with Crippen LogP contribution in [0.5, 0.6) is 0 Å². The Bertz CT molecular complexity index is 526. The molecule has 0 spiro atoms. The van der Waals surface area contributed by atoms with E-state index < -0.39 is 0 Å². The SMILES string of the molecule is Clc1cccc(CN2CCN3CCC[C@@H]3[C@@H]2C2CCCCC2)c1. The van der Waals surface area contributed by atoms with Crippen molar-refractivity contribution >= 4 is 11.6 Å². The van der Waals surface area contributed by atoms with E-state index in [0.717, 1.165) is 29.6 Å². The van der Waals surface area contributed by atoms with E-state index in [-0.39, 0.29) is 0 Å². The van der Waals surface area contributed by atoms with Crippen LogP contribution >= 0.6 is 11.6 Å². The van der Waals surface area contributed by atoms with Crippen LogP contribution in [0.1, 0.15) is 50.5 Å². The normalized spacial score (nSPS) is 30.5. The predicted molar refractivity (Wildman–Crippen MR) is 96.8 cm³/mol. The number of fused-ring (bicyclic) bond motifs is 1. The van der Waals surface area contributed by atoms with Gasteiger partial charge in [0.25, 0.3) is 0 Å². The fraction of sp³-hybridized carbons (Fsp3) is 0.700. The van der Waals surface area contributed by atoms with E-state index in [0.29, 0.717) is 0 Å². The molecule has 0 radical (unpaired) electrons. The molecule has 0 aromatic heterocycles. The summed E-state index contributed by atoms with van der Waals surface area (Å²) < 4.78 is 0. The van der Waals surface area contributed by atoms with E-state index in [9.17, 15) is 0 Å². The summed E-state index contributed by atoms with van der Waals surface area (Å²) in [5.41, 5.74) is 1.38. The molecule has 23 heavy (non-hydrogen) atoms. The largest absolute Gasteiger partial charge is 0.298 e. The fourth-order valence-electron chi connectivity index (χ4n) is 5.31. The van der Waals surface area contributed by atoms with Gasteiger partial charge in [0.15, 0.2) is 0 Å². The van der Waals surface area contributed by atoms with E-state index in [1.807, 2.05) is 6.07 Å². The predicted octanol–water partition coefficient (Wildman–Crippen LogP) is 4.57. The van der Waals surface area contributed by atoms with Crippen LogP contribution in [0, 0.1) is 5.92 Å². The van der Waals surface area contributed by atoms with Gasteiger partial charge in [0, 0.05) is 36.7 Å². The summed E-state index contributed by atoms with van der Waals surface area (Å²) in [6, 6.07) is 10.1. The zero-order valence-corrected chi connectivity index (χ0v) is 14.8. The smallest absolute Gasteiger partial charge is 0.0409 e. The molecule has 3 fully saturated rings. The molecule has 0 unspecified atom stereocenters. The van der Waals surface area contributed by atoms with Crippen molar-refractivity contribution in [3.8, 4) is 0 Å². The van der Waals surface area contributed by atoms with Gasteiger partial charge in [0.05, 0.1) is 0 Å². The molecule has 1 aromatic rings. The number of hydrogen-bond acceptors (Lipinski definition) is 2. The zero-order valence-electron chi connectivity index (χ0n) is 14.1. The molecule has 0 N–H and O–H groups in total. The van der Waals surface area contributed by atoms with E-state index in [2.05, 4.69) is 28.0 Å². The van der Waals surface area contributed by atoms with Crippen LogP contribution in [0.15, 0.2) is 24.3 Å². The Morgan fingerprint density at radius 1 is 0.957 bits per heavy atom. The van der Waals surface area contributed by atoms with Gasteiger partial charge in [-0.25, -0.2) is 0 Å². The highest BCUT2D eigenvalue weighted by Crippen LogP contribution is 2.38. The topological polar surface area (TPSA) is 6.48 Å². The Hall–Kier alpha value is -0.570. The second-order valence-corrected chi connectivity index (χ2v) is 8.17. The third-order valence-corrected chi connectivity index (χ3v) is 6.55. The molecule has 1 aromatic carbocycles. The maximum Gasteiger partial charge on any atom is 0.0409 e. The second-order valence-electron chi connectivity index (χ2n) is 7.73. The monoisotopic (exact) mass is 332 g/mol. The van der Waals surface area contributed by atoms with Crippen molar-refractivity contribution in [1.82, 2.24) is 9.80 Å². The second kappa shape index (κ2) is 7.13. The van der Waals surface area contributed by atoms with Gasteiger partial charge in [-0.15, -0.1) is 0 Å². The van der Waals surface area contributed by atoms with Crippen LogP contribution in [0.25, 0.3) is 0 Å². The molecule has 3 heteroatoms. The summed E-state index contributed by atoms with van der Waals surface area (Å²) in [6.45, 7) is 4.89. The number of benzene rings is 1. The first kappa shape index (κ1) is 15.9. The van der Waals surface area contributed by atoms with Crippen molar-refractivity contribution in [2.75, 3.05) is 19.6 Å². The molecule has 0 amide bonds. The van der Waals surface area contributed by atoms with Gasteiger partial charge < -0.3 is 0 Å². The van der Waals surface area contributed by atoms with Crippen molar-refractivity contribution < 1.29 is 0 Å². The van der Waals surface area contributed by atoms with Crippen LogP contribution in [-0.2, 0) is 6.54 Å². The molecule has 1 aliphatic carbocycles. The third kappa shape index (κ3) is 3.45. The molecule has 2 aliphatic heterocycles. The Kier molecular flexibility index (Phi) is 4.93. The number of rotatable bonds is 3. The van der Waals surface area contributed by atoms with Gasteiger partial charge in [-0.2, -0.15) is 0 Å². The van der Waals surface area contributed by atoms with E-state index in [1.54, 1.807) is 0 Å². The molecular formula is C20H29ClN2. The van der Waals surface area contributed by atoms with E-state index in [1.165, 1.54) is 70.1 Å². The Morgan fingerprint density at radius 3 is 2.65 bits per heavy atom. The molecule has 2 saturated heterocycles. The van der Waals surface area contributed by atoms with Gasteiger partial charge in [-0.1, -0.05) is 43.0 Å². The number of nitrogens with zero attached hydrogens (tertiary/aromatic N) is 2. The van der Waals surface area contributed by atoms with Gasteiger partial charge in [-0.05, 0) is 55.8 Å². The quantitative estimate of drug-likeness (QED) is 0.800. The highest BCUT2D eigenvalue weighted by molar-refractivity contribution is 6.30. The maximum atomic E-state index is 6.21. The number of piperazine rings is 1. The lowest BCUT2D eigenvalue weighted by atomic mass is 9.78. The van der Waals surface area contributed by atoms with Crippen LogP contribution in [0.4, 0.5) is 0 Å². The van der Waals surface area contributed by atoms with Gasteiger partial charge in [-0.3, -0.25) is 9.80 Å². The first-order valence-corrected chi connectivity index (χ1v) is 9.91. The highest BCUT2D eigenvalue weighted by Gasteiger charge is 2.42. The molecule has 2 atom stereocenters. The summed E-state index contributed by atoms with van der Waals surface area (Å²) in [4.78, 5) is 5.59. The van der Waals surface area contributed by atoms with E-state index >= 15 is 0 Å². The first-order valence-electron chi connectivity index (χ1n) is 9.54. The Balaban J connectivity index is 1.55. The maximum absolute atomic E-state index is 6.21. The van der Waals surface area contributed by atoms with Crippen LogP contribution in [0.3, 0.4) is 0 Å². The van der Waals surface area contributed by atoms with Gasteiger partial charge in [0.2, 0.25) is 0 Å². The lowest BCUT2D eigenvalue weighted by molar-refractivity contribution is -0.00379. The molecule has 3 aliphatic rings. The molecule has 4 rings (SSSR count). The van der Waals surface area contributed by atoms with Gasteiger partial charge >= 0.3 is 0 Å². The highest BCUT2D eigenvalue weighted by atomic mass is 35.5. The summed E-state index contributed by atoms with van der Waals surface area (Å²) in [6.07, 6.45) is 10.0. The summed E-state index contributed by atoms with van der Waals surface area (Å²) in [7, 11) is 0. The number of hydrogen-bond donors (Lipinski definition) is 0. The van der Waals surface area contributed by atoms with Crippen LogP contribution in [0.2, 0.25) is 5.02 Å². The standard InChI is InChI=1S/C20H29ClN2/c21-18-9-4-6-16(14-18)15-23-13-12-22-11-5-10-19(22)20(23)17-7-2-1-3-8-17/h4,6,9,14,17,19-20H,1-3,5,7-8,10-13,15H2/t19-,20+/m1/s1. The van der Waals surface area contributed by atoms with Crippen molar-refractivity contribution in [2.24, 2.45) is 5.92 Å². The average molecular weight is 333 g/mol. The molecule has 2 heterocycles. The Morgan fingerprint density at radius 2 is 1.83 bits per heavy atom. The van der Waals surface area contributed by atoms with Gasteiger partial charge in [0.1, 0.15) is 0 Å². The minimum Gasteiger partial charge on any atom is -0.298 e. The lowest BCUT2D eigenvalue weighted by Gasteiger charge is -2.49. The summed E-state index contributed by atoms with van der Waals surface area (Å²) in [5.74, 6) is 0.911. The van der Waals surface area contributed by atoms with Crippen molar-refractivity contribution in [2.45, 2.75) is 63.6 Å². The zero-order chi connectivity index (χ0) is 15.6. The molecule has 1 saturated carbocycles. The minimum absolute atomic E-state index is 0.769. The minimum atomic E-state index is 0.769. The molecule has 0 bridgehead atoms. The van der Waals surface area contributed by atoms with Crippen LogP contribution in [-0.4, -0.2) is 41.5 Å². The molecule has 2 nitrogen and oxygen atoms in total.